The zero-order valence-corrected chi connectivity index (χ0v) is 17.2. The number of halogens is 3. The molecule has 0 saturated heterocycles. The quantitative estimate of drug-likeness (QED) is 0.416. The highest BCUT2D eigenvalue weighted by molar-refractivity contribution is 6.03. The van der Waals surface area contributed by atoms with Crippen LogP contribution >= 0.6 is 0 Å². The third-order valence-corrected chi connectivity index (χ3v) is 4.81. The predicted octanol–water partition coefficient (Wildman–Crippen LogP) is 3.41. The van der Waals surface area contributed by atoms with E-state index in [1.165, 1.54) is 37.6 Å². The molecule has 0 bridgehead atoms. The number of nitrogens with one attached hydrogen (secondary N) is 3. The zero-order valence-electron chi connectivity index (χ0n) is 17.2. The molecule has 13 heteroatoms. The second-order valence-electron chi connectivity index (χ2n) is 7.15. The fourth-order valence-corrected chi connectivity index (χ4v) is 3.08. The van der Waals surface area contributed by atoms with Gasteiger partial charge in [-0.25, -0.2) is 9.97 Å². The van der Waals surface area contributed by atoms with Crippen molar-refractivity contribution in [3.63, 3.8) is 0 Å². The standard InChI is InChI=1S/C20H16F3N7O3/c1-9-3-4-11(5-13(9)20(21,22)23)28-18(31)15-6-14(30-33-15)10(2)27-19(32)16-12-7-26-29-17(12)25-8-24-16/h3-8,10H,1-2H3,(H,27,32)(H,28,31)(H,24,25,26,29)/t10-/m0/s1. The molecule has 3 N–H and O–H groups in total. The van der Waals surface area contributed by atoms with Crippen LogP contribution in [0.4, 0.5) is 18.9 Å². The molecule has 3 heterocycles. The van der Waals surface area contributed by atoms with E-state index in [1.54, 1.807) is 6.92 Å². The summed E-state index contributed by atoms with van der Waals surface area (Å²) in [6.07, 6.45) is -1.92. The van der Waals surface area contributed by atoms with Crippen molar-refractivity contribution in [2.24, 2.45) is 0 Å². The van der Waals surface area contributed by atoms with Crippen LogP contribution in [0.1, 0.15) is 50.8 Å². The molecule has 1 atom stereocenters. The van der Waals surface area contributed by atoms with E-state index in [9.17, 15) is 22.8 Å². The van der Waals surface area contributed by atoms with Crippen LogP contribution in [0.2, 0.25) is 0 Å². The lowest BCUT2D eigenvalue weighted by atomic mass is 10.1. The monoisotopic (exact) mass is 459 g/mol. The average Bonchev–Trinajstić information content (AvgIpc) is 3.43. The molecule has 3 aromatic heterocycles. The van der Waals surface area contributed by atoms with Crippen LogP contribution in [0.3, 0.4) is 0 Å². The fourth-order valence-electron chi connectivity index (χ4n) is 3.08. The fraction of sp³-hybridized carbons (Fsp3) is 0.200. The van der Waals surface area contributed by atoms with Crippen LogP contribution in [0.15, 0.2) is 41.3 Å². The first-order valence-corrected chi connectivity index (χ1v) is 9.54. The number of hydrogen-bond acceptors (Lipinski definition) is 7. The van der Waals surface area contributed by atoms with E-state index in [0.29, 0.717) is 11.0 Å². The van der Waals surface area contributed by atoms with Gasteiger partial charge in [0, 0.05) is 11.8 Å². The minimum atomic E-state index is -4.55. The Labute approximate surface area is 183 Å². The van der Waals surface area contributed by atoms with Gasteiger partial charge in [0.1, 0.15) is 17.7 Å². The number of aryl methyl sites for hydroxylation is 1. The Morgan fingerprint density at radius 2 is 1.94 bits per heavy atom. The largest absolute Gasteiger partial charge is 0.416 e. The Morgan fingerprint density at radius 3 is 2.70 bits per heavy atom. The second kappa shape index (κ2) is 8.33. The van der Waals surface area contributed by atoms with E-state index >= 15 is 0 Å². The number of anilines is 1. The number of rotatable bonds is 5. The number of nitrogens with zero attached hydrogens (tertiary/aromatic N) is 4. The van der Waals surface area contributed by atoms with Gasteiger partial charge in [0.15, 0.2) is 5.65 Å². The Morgan fingerprint density at radius 1 is 1.15 bits per heavy atom. The first kappa shape index (κ1) is 21.9. The van der Waals surface area contributed by atoms with Gasteiger partial charge in [-0.15, -0.1) is 0 Å². The summed E-state index contributed by atoms with van der Waals surface area (Å²) in [6, 6.07) is 4.06. The lowest BCUT2D eigenvalue weighted by Gasteiger charge is -2.12. The summed E-state index contributed by atoms with van der Waals surface area (Å²) in [5.74, 6) is -1.55. The van der Waals surface area contributed by atoms with E-state index in [-0.39, 0.29) is 28.4 Å². The molecule has 0 saturated carbocycles. The van der Waals surface area contributed by atoms with Gasteiger partial charge in [0.25, 0.3) is 11.8 Å². The molecule has 0 radical (unpaired) electrons. The molecule has 33 heavy (non-hydrogen) atoms. The van der Waals surface area contributed by atoms with Gasteiger partial charge < -0.3 is 15.2 Å². The summed E-state index contributed by atoms with van der Waals surface area (Å²) in [7, 11) is 0. The number of hydrogen-bond donors (Lipinski definition) is 3. The van der Waals surface area contributed by atoms with Crippen molar-refractivity contribution in [2.75, 3.05) is 5.32 Å². The number of H-pyrrole nitrogens is 1. The number of carbonyl (C=O) groups excluding carboxylic acids is 2. The first-order valence-electron chi connectivity index (χ1n) is 9.54. The Balaban J connectivity index is 1.46. The molecule has 1 aromatic carbocycles. The molecule has 0 aliphatic carbocycles. The number of amides is 2. The molecule has 170 valence electrons. The molecule has 10 nitrogen and oxygen atoms in total. The van der Waals surface area contributed by atoms with Gasteiger partial charge in [-0.1, -0.05) is 11.2 Å². The summed E-state index contributed by atoms with van der Waals surface area (Å²) >= 11 is 0. The summed E-state index contributed by atoms with van der Waals surface area (Å²) in [6.45, 7) is 2.94. The summed E-state index contributed by atoms with van der Waals surface area (Å²) < 4.78 is 44.3. The number of fused-ring (bicyclic) bond motifs is 1. The summed E-state index contributed by atoms with van der Waals surface area (Å²) in [4.78, 5) is 32.9. The lowest BCUT2D eigenvalue weighted by Crippen LogP contribution is -2.27. The number of benzene rings is 1. The lowest BCUT2D eigenvalue weighted by molar-refractivity contribution is -0.138. The Bertz CT molecular complexity index is 1350. The normalized spacial score (nSPS) is 12.5. The third kappa shape index (κ3) is 4.51. The van der Waals surface area contributed by atoms with E-state index in [1.807, 2.05) is 0 Å². The maximum atomic E-state index is 13.1. The predicted molar refractivity (Wildman–Crippen MR) is 108 cm³/mol. The van der Waals surface area contributed by atoms with Gasteiger partial charge in [-0.3, -0.25) is 14.7 Å². The molecule has 0 aliphatic rings. The van der Waals surface area contributed by atoms with E-state index in [4.69, 9.17) is 4.52 Å². The number of alkyl halides is 3. The van der Waals surface area contributed by atoms with Crippen LogP contribution in [-0.4, -0.2) is 37.1 Å². The molecule has 4 aromatic rings. The molecule has 0 fully saturated rings. The highest BCUT2D eigenvalue weighted by atomic mass is 19.4. The van der Waals surface area contributed by atoms with Gasteiger partial charge >= 0.3 is 6.18 Å². The third-order valence-electron chi connectivity index (χ3n) is 4.81. The SMILES string of the molecule is Cc1ccc(NC(=O)c2cc([C@H](C)NC(=O)c3ncnc4[nH]ncc34)no2)cc1C(F)(F)F. The highest BCUT2D eigenvalue weighted by Crippen LogP contribution is 2.33. The van der Waals surface area contributed by atoms with Crippen molar-refractivity contribution in [3.05, 3.63) is 65.1 Å². The minimum Gasteiger partial charge on any atom is -0.351 e. The van der Waals surface area contributed by atoms with Crippen LogP contribution in [-0.2, 0) is 6.18 Å². The molecule has 0 unspecified atom stereocenters. The smallest absolute Gasteiger partial charge is 0.351 e. The Kier molecular flexibility index (Phi) is 5.54. The van der Waals surface area contributed by atoms with E-state index in [0.717, 1.165) is 6.07 Å². The summed E-state index contributed by atoms with van der Waals surface area (Å²) in [5, 5.41) is 15.7. The molecule has 0 aliphatic heterocycles. The van der Waals surface area contributed by atoms with Crippen molar-refractivity contribution in [2.45, 2.75) is 26.1 Å². The minimum absolute atomic E-state index is 0.0309. The molecule has 4 rings (SSSR count). The first-order chi connectivity index (χ1) is 15.6. The van der Waals surface area contributed by atoms with Crippen LogP contribution in [0, 0.1) is 6.92 Å². The van der Waals surface area contributed by atoms with E-state index < -0.39 is 29.6 Å². The number of carbonyl (C=O) groups is 2. The molecule has 2 amide bonds. The van der Waals surface area contributed by atoms with Crippen molar-refractivity contribution in [3.8, 4) is 0 Å². The molecular weight excluding hydrogens is 443 g/mol. The van der Waals surface area contributed by atoms with Crippen LogP contribution < -0.4 is 10.6 Å². The van der Waals surface area contributed by atoms with E-state index in [2.05, 4.69) is 36.0 Å². The van der Waals surface area contributed by atoms with Crippen molar-refractivity contribution < 1.29 is 27.3 Å². The van der Waals surface area contributed by atoms with Gasteiger partial charge in [-0.2, -0.15) is 18.3 Å². The highest BCUT2D eigenvalue weighted by Gasteiger charge is 2.32. The van der Waals surface area contributed by atoms with Gasteiger partial charge in [0.2, 0.25) is 5.76 Å². The zero-order chi connectivity index (χ0) is 23.8. The second-order valence-corrected chi connectivity index (χ2v) is 7.15. The summed E-state index contributed by atoms with van der Waals surface area (Å²) in [5.41, 5.74) is -0.152. The van der Waals surface area contributed by atoms with Gasteiger partial charge in [0.05, 0.1) is 23.2 Å². The molecule has 0 spiro atoms. The maximum absolute atomic E-state index is 13.1. The van der Waals surface area contributed by atoms with Gasteiger partial charge in [-0.05, 0) is 31.5 Å². The number of aromatic amines is 1. The maximum Gasteiger partial charge on any atom is 0.416 e. The van der Waals surface area contributed by atoms with Crippen LogP contribution in [0.5, 0.6) is 0 Å². The van der Waals surface area contributed by atoms with Crippen molar-refractivity contribution in [1.82, 2.24) is 30.6 Å². The Hall–Kier alpha value is -4.29. The van der Waals surface area contributed by atoms with Crippen molar-refractivity contribution >= 4 is 28.5 Å². The average molecular weight is 459 g/mol. The molecular formula is C20H16F3N7O3. The topological polar surface area (TPSA) is 139 Å². The van der Waals surface area contributed by atoms with Crippen molar-refractivity contribution in [1.29, 1.82) is 0 Å². The van der Waals surface area contributed by atoms with Crippen LogP contribution in [0.25, 0.3) is 11.0 Å². The number of aromatic nitrogens is 5.